The van der Waals surface area contributed by atoms with Gasteiger partial charge in [-0.15, -0.1) is 0 Å². The zero-order chi connectivity index (χ0) is 12.1. The van der Waals surface area contributed by atoms with Crippen molar-refractivity contribution in [1.82, 2.24) is 0 Å². The van der Waals surface area contributed by atoms with Crippen LogP contribution in [0.1, 0.15) is 0 Å². The third-order valence-electron chi connectivity index (χ3n) is 2.15. The van der Waals surface area contributed by atoms with Gasteiger partial charge in [0.2, 0.25) is 0 Å². The van der Waals surface area contributed by atoms with Crippen molar-refractivity contribution >= 4 is 23.0 Å². The van der Waals surface area contributed by atoms with Crippen molar-refractivity contribution in [3.8, 4) is 0 Å². The lowest BCUT2D eigenvalue weighted by Gasteiger charge is -2.24. The summed E-state index contributed by atoms with van der Waals surface area (Å²) in [5.41, 5.74) is 6.43. The highest BCUT2D eigenvalue weighted by atomic mass is 35.5. The molecular formula is C10H14ClFN2O2. The van der Waals surface area contributed by atoms with E-state index in [2.05, 4.69) is 0 Å². The normalized spacial score (nSPS) is 10.5. The van der Waals surface area contributed by atoms with Gasteiger partial charge in [-0.2, -0.15) is 0 Å². The van der Waals surface area contributed by atoms with Crippen LogP contribution in [0.3, 0.4) is 0 Å². The third-order valence-corrected chi connectivity index (χ3v) is 2.44. The second-order valence-electron chi connectivity index (χ2n) is 3.26. The number of nitrogens with zero attached hydrogens (tertiary/aromatic N) is 1. The predicted molar refractivity (Wildman–Crippen MR) is 62.2 cm³/mol. The Morgan fingerprint density at radius 2 is 1.81 bits per heavy atom. The summed E-state index contributed by atoms with van der Waals surface area (Å²) in [6.45, 7) is 0.324. The Morgan fingerprint density at radius 3 is 2.31 bits per heavy atom. The molecule has 0 fully saturated rings. The van der Waals surface area contributed by atoms with E-state index in [0.717, 1.165) is 0 Å². The number of nitrogens with two attached hydrogens (primary N) is 1. The van der Waals surface area contributed by atoms with E-state index in [1.807, 2.05) is 0 Å². The number of rotatable bonds is 5. The van der Waals surface area contributed by atoms with E-state index in [1.54, 1.807) is 4.90 Å². The van der Waals surface area contributed by atoms with Gasteiger partial charge in [0.25, 0.3) is 0 Å². The first-order chi connectivity index (χ1) is 7.60. The molecule has 0 saturated carbocycles. The van der Waals surface area contributed by atoms with Gasteiger partial charge in [0.1, 0.15) is 5.82 Å². The molecule has 0 amide bonds. The zero-order valence-corrected chi connectivity index (χ0v) is 9.41. The summed E-state index contributed by atoms with van der Waals surface area (Å²) in [5, 5.41) is 17.7. The molecule has 0 spiro atoms. The molecule has 4 nitrogen and oxygen atoms in total. The summed E-state index contributed by atoms with van der Waals surface area (Å²) in [4.78, 5) is 1.59. The van der Waals surface area contributed by atoms with Gasteiger partial charge in [-0.05, 0) is 6.07 Å². The minimum Gasteiger partial charge on any atom is -0.397 e. The van der Waals surface area contributed by atoms with Crippen molar-refractivity contribution < 1.29 is 14.6 Å². The maximum Gasteiger partial charge on any atom is 0.144 e. The number of benzene rings is 1. The Morgan fingerprint density at radius 1 is 1.25 bits per heavy atom. The van der Waals surface area contributed by atoms with Crippen LogP contribution in [0.25, 0.3) is 0 Å². The fourth-order valence-electron chi connectivity index (χ4n) is 1.42. The third kappa shape index (κ3) is 2.98. The van der Waals surface area contributed by atoms with E-state index < -0.39 is 5.82 Å². The van der Waals surface area contributed by atoms with Crippen LogP contribution in [0.4, 0.5) is 15.8 Å². The molecule has 0 atom stereocenters. The largest absolute Gasteiger partial charge is 0.397 e. The van der Waals surface area contributed by atoms with E-state index in [4.69, 9.17) is 27.5 Å². The lowest BCUT2D eigenvalue weighted by molar-refractivity contribution is 0.281. The minimum atomic E-state index is -0.577. The van der Waals surface area contributed by atoms with E-state index in [-0.39, 0.29) is 31.3 Å². The van der Waals surface area contributed by atoms with Crippen LogP contribution in [0, 0.1) is 5.82 Å². The van der Waals surface area contributed by atoms with Gasteiger partial charge in [-0.25, -0.2) is 4.39 Å². The first-order valence-corrected chi connectivity index (χ1v) is 5.19. The van der Waals surface area contributed by atoms with Crippen molar-refractivity contribution in [1.29, 1.82) is 0 Å². The Hall–Kier alpha value is -1.04. The maximum absolute atomic E-state index is 13.3. The number of aliphatic hydroxyl groups excluding tert-OH is 2. The van der Waals surface area contributed by atoms with Gasteiger partial charge in [-0.1, -0.05) is 11.6 Å². The lowest BCUT2D eigenvalue weighted by Crippen LogP contribution is -2.30. The highest BCUT2D eigenvalue weighted by Crippen LogP contribution is 2.28. The highest BCUT2D eigenvalue weighted by molar-refractivity contribution is 6.31. The van der Waals surface area contributed by atoms with Gasteiger partial charge in [-0.3, -0.25) is 0 Å². The molecule has 6 heteroatoms. The fraction of sp³-hybridized carbons (Fsp3) is 0.400. The van der Waals surface area contributed by atoms with Gasteiger partial charge in [0.15, 0.2) is 0 Å². The predicted octanol–water partition coefficient (Wildman–Crippen LogP) is 0.852. The van der Waals surface area contributed by atoms with Crippen molar-refractivity contribution in [2.24, 2.45) is 0 Å². The summed E-state index contributed by atoms with van der Waals surface area (Å²) in [7, 11) is 0. The monoisotopic (exact) mass is 248 g/mol. The summed E-state index contributed by atoms with van der Waals surface area (Å²) in [6, 6.07) is 2.51. The van der Waals surface area contributed by atoms with Crippen molar-refractivity contribution in [3.05, 3.63) is 23.0 Å². The van der Waals surface area contributed by atoms with Gasteiger partial charge in [0.05, 0.1) is 29.6 Å². The number of halogens is 2. The fourth-order valence-corrected chi connectivity index (χ4v) is 1.59. The van der Waals surface area contributed by atoms with Crippen LogP contribution in [-0.2, 0) is 0 Å². The lowest BCUT2D eigenvalue weighted by atomic mass is 10.2. The molecule has 0 aromatic heterocycles. The molecule has 0 aliphatic rings. The molecule has 0 saturated heterocycles. The molecule has 0 aliphatic heterocycles. The zero-order valence-electron chi connectivity index (χ0n) is 8.66. The van der Waals surface area contributed by atoms with Crippen LogP contribution >= 0.6 is 11.6 Å². The SMILES string of the molecule is Nc1cc(Cl)c(F)cc1N(CCO)CCO. The highest BCUT2D eigenvalue weighted by Gasteiger charge is 2.12. The Kier molecular flexibility index (Phi) is 4.79. The topological polar surface area (TPSA) is 69.7 Å². The van der Waals surface area contributed by atoms with Crippen molar-refractivity contribution in [2.45, 2.75) is 0 Å². The number of aliphatic hydroxyl groups is 2. The molecule has 1 aromatic rings. The molecule has 0 aliphatic carbocycles. The van der Waals surface area contributed by atoms with Crippen LogP contribution in [0.15, 0.2) is 12.1 Å². The molecule has 0 heterocycles. The van der Waals surface area contributed by atoms with Gasteiger partial charge in [0, 0.05) is 19.2 Å². The van der Waals surface area contributed by atoms with Crippen LogP contribution in [0.2, 0.25) is 5.02 Å². The van der Waals surface area contributed by atoms with Gasteiger partial charge >= 0.3 is 0 Å². The number of anilines is 2. The molecule has 16 heavy (non-hydrogen) atoms. The van der Waals surface area contributed by atoms with Gasteiger partial charge < -0.3 is 20.8 Å². The Balaban J connectivity index is 3.03. The standard InChI is InChI=1S/C10H14ClFN2O2/c11-7-5-9(13)10(6-8(7)12)14(1-3-15)2-4-16/h5-6,15-16H,1-4,13H2. The molecule has 0 bridgehead atoms. The molecule has 90 valence electrons. The minimum absolute atomic E-state index is 0.0470. The second kappa shape index (κ2) is 5.89. The van der Waals surface area contributed by atoms with E-state index in [9.17, 15) is 4.39 Å². The quantitative estimate of drug-likeness (QED) is 0.676. The molecule has 1 aromatic carbocycles. The Labute approximate surface area is 98.0 Å². The average Bonchev–Trinajstić information content (AvgIpc) is 2.23. The average molecular weight is 249 g/mol. The van der Waals surface area contributed by atoms with Crippen LogP contribution in [0.5, 0.6) is 0 Å². The number of hydrogen-bond donors (Lipinski definition) is 3. The maximum atomic E-state index is 13.3. The smallest absolute Gasteiger partial charge is 0.144 e. The van der Waals surface area contributed by atoms with Crippen molar-refractivity contribution in [2.75, 3.05) is 36.9 Å². The van der Waals surface area contributed by atoms with E-state index in [1.165, 1.54) is 12.1 Å². The molecule has 4 N–H and O–H groups in total. The molecule has 0 radical (unpaired) electrons. The molecule has 1 rings (SSSR count). The summed E-state index contributed by atoms with van der Waals surface area (Å²) < 4.78 is 13.3. The Bertz CT molecular complexity index is 357. The van der Waals surface area contributed by atoms with E-state index in [0.29, 0.717) is 11.4 Å². The van der Waals surface area contributed by atoms with Crippen molar-refractivity contribution in [3.63, 3.8) is 0 Å². The number of nitrogen functional groups attached to an aromatic ring is 1. The van der Waals surface area contributed by atoms with E-state index >= 15 is 0 Å². The van der Waals surface area contributed by atoms with Crippen LogP contribution < -0.4 is 10.6 Å². The number of hydrogen-bond acceptors (Lipinski definition) is 4. The first-order valence-electron chi connectivity index (χ1n) is 4.81. The summed E-state index contributed by atoms with van der Waals surface area (Å²) in [6.07, 6.45) is 0. The molecule has 0 unspecified atom stereocenters. The summed E-state index contributed by atoms with van der Waals surface area (Å²) in [5.74, 6) is -0.577. The first kappa shape index (κ1) is 13.0. The molecular weight excluding hydrogens is 235 g/mol. The van der Waals surface area contributed by atoms with Crippen LogP contribution in [-0.4, -0.2) is 36.5 Å². The summed E-state index contributed by atoms with van der Waals surface area (Å²) >= 11 is 5.57. The second-order valence-corrected chi connectivity index (χ2v) is 3.67.